The fraction of sp³-hybridized carbons (Fsp3) is 0.315. The molecule has 366 valence electrons. The number of carbonyl (C=O) groups excluding carboxylic acids is 4. The topological polar surface area (TPSA) is 209 Å². The van der Waals surface area contributed by atoms with Crippen LogP contribution >= 0.6 is 0 Å². The molecule has 0 bridgehead atoms. The highest BCUT2D eigenvalue weighted by atomic mass is 16.6. The van der Waals surface area contributed by atoms with Crippen LogP contribution in [0.4, 0.5) is 25.8 Å². The quantitative estimate of drug-likeness (QED) is 0.0341. The van der Waals surface area contributed by atoms with Gasteiger partial charge in [-0.1, -0.05) is 84.9 Å². The Kier molecular flexibility index (Phi) is 16.8. The van der Waals surface area contributed by atoms with E-state index in [1.807, 2.05) is 78.9 Å². The van der Waals surface area contributed by atoms with Gasteiger partial charge in [0.25, 0.3) is 0 Å². The van der Waals surface area contributed by atoms with Gasteiger partial charge in [-0.15, -0.1) is 0 Å². The number of anilines is 2. The molecule has 1 aliphatic carbocycles. The number of nitrogens with zero attached hydrogens (tertiary/aromatic N) is 3. The molecule has 7 rings (SSSR count). The van der Waals surface area contributed by atoms with E-state index >= 15 is 4.79 Å². The standard InChI is InChI=1S/C54H61N7O9/c1-54(2,3)70-52(66)57-30-12-14-33-60(53(67)69-36-45-42-20-9-7-18-40(42)41-19-8-10-21-43(41)45)49(50(63)64)61(47-23-15-22-46-44(47)28-31-56-46)48(62)34-59(32-13-11-29-55)51(65)58-38-24-26-39(27-25-38)68-35-37-16-5-4-6-17-37/h4-10,15-28,31,45,49,56H,11-14,29-30,32-36,55H2,1-3H3,(H,57,66)(H,58,65)(H,63,64). The first-order valence-corrected chi connectivity index (χ1v) is 23.5. The Balaban J connectivity index is 1.17. The molecular formula is C54H61N7O9. The zero-order chi connectivity index (χ0) is 49.6. The molecule has 0 spiro atoms. The third kappa shape index (κ3) is 12.8. The Morgan fingerprint density at radius 3 is 2.11 bits per heavy atom. The van der Waals surface area contributed by atoms with Crippen molar-refractivity contribution in [2.45, 2.75) is 70.7 Å². The van der Waals surface area contributed by atoms with Crippen LogP contribution in [-0.2, 0) is 25.7 Å². The van der Waals surface area contributed by atoms with Crippen molar-refractivity contribution in [3.63, 3.8) is 0 Å². The normalized spacial score (nSPS) is 12.3. The number of urea groups is 1. The summed E-state index contributed by atoms with van der Waals surface area (Å²) in [7, 11) is 0. The van der Waals surface area contributed by atoms with Crippen molar-refractivity contribution in [1.82, 2.24) is 20.1 Å². The second-order valence-electron chi connectivity index (χ2n) is 18.0. The summed E-state index contributed by atoms with van der Waals surface area (Å²) in [6.45, 7) is 5.34. The number of hydrogen-bond acceptors (Lipinski definition) is 9. The van der Waals surface area contributed by atoms with Gasteiger partial charge >= 0.3 is 24.2 Å². The van der Waals surface area contributed by atoms with Crippen LogP contribution in [0.3, 0.4) is 0 Å². The second-order valence-corrected chi connectivity index (χ2v) is 18.0. The minimum atomic E-state index is -1.96. The van der Waals surface area contributed by atoms with Crippen LogP contribution < -0.4 is 26.0 Å². The number of alkyl carbamates (subject to hydrolysis) is 1. The zero-order valence-corrected chi connectivity index (χ0v) is 39.8. The lowest BCUT2D eigenvalue weighted by Gasteiger charge is -2.38. The Morgan fingerprint density at radius 1 is 0.771 bits per heavy atom. The van der Waals surface area contributed by atoms with Crippen molar-refractivity contribution in [2.24, 2.45) is 5.73 Å². The molecule has 70 heavy (non-hydrogen) atoms. The van der Waals surface area contributed by atoms with E-state index in [9.17, 15) is 24.3 Å². The Bertz CT molecular complexity index is 2690. The molecule has 5 aromatic carbocycles. The molecular weight excluding hydrogens is 891 g/mol. The van der Waals surface area contributed by atoms with E-state index < -0.39 is 48.4 Å². The van der Waals surface area contributed by atoms with Crippen molar-refractivity contribution in [2.75, 3.05) is 49.5 Å². The third-order valence-corrected chi connectivity index (χ3v) is 11.8. The predicted octanol–water partition coefficient (Wildman–Crippen LogP) is 9.32. The molecule has 1 unspecified atom stereocenters. The summed E-state index contributed by atoms with van der Waals surface area (Å²) in [5.41, 5.74) is 11.3. The number of aliphatic carboxylic acids is 1. The predicted molar refractivity (Wildman–Crippen MR) is 269 cm³/mol. The minimum absolute atomic E-state index is 0.105. The van der Waals surface area contributed by atoms with Gasteiger partial charge in [0.1, 0.15) is 31.1 Å². The van der Waals surface area contributed by atoms with Crippen LogP contribution in [-0.4, -0.2) is 101 Å². The number of rotatable bonds is 21. The smallest absolute Gasteiger partial charge is 0.411 e. The molecule has 0 saturated heterocycles. The Labute approximate surface area is 407 Å². The SMILES string of the molecule is CC(C)(C)OC(=O)NCCCCN(C(=O)OCC1c2ccccc2-c2ccccc21)C(C(=O)O)N(C(=O)CN(CCCCN)C(=O)Nc1ccc(OCc2ccccc2)cc1)c1cccc2[nH]ccc12. The summed E-state index contributed by atoms with van der Waals surface area (Å²) in [4.78, 5) is 77.0. The highest BCUT2D eigenvalue weighted by molar-refractivity contribution is 6.08. The monoisotopic (exact) mass is 951 g/mol. The van der Waals surface area contributed by atoms with Crippen LogP contribution in [0.25, 0.3) is 22.0 Å². The van der Waals surface area contributed by atoms with Crippen LogP contribution in [0.2, 0.25) is 0 Å². The van der Waals surface area contributed by atoms with E-state index in [-0.39, 0.29) is 44.3 Å². The van der Waals surface area contributed by atoms with Crippen LogP contribution in [0.5, 0.6) is 5.75 Å². The summed E-state index contributed by atoms with van der Waals surface area (Å²) in [6, 6.07) is 38.4. The molecule has 16 heteroatoms. The fourth-order valence-electron chi connectivity index (χ4n) is 8.48. The number of aromatic amines is 1. The van der Waals surface area contributed by atoms with Gasteiger partial charge in [0.15, 0.2) is 0 Å². The van der Waals surface area contributed by atoms with Gasteiger partial charge < -0.3 is 45.6 Å². The average molecular weight is 952 g/mol. The number of carbonyl (C=O) groups is 5. The number of benzene rings is 5. The molecule has 1 heterocycles. The highest BCUT2D eigenvalue weighted by Gasteiger charge is 2.41. The molecule has 0 saturated carbocycles. The van der Waals surface area contributed by atoms with Crippen LogP contribution in [0.15, 0.2) is 134 Å². The van der Waals surface area contributed by atoms with E-state index in [0.717, 1.165) is 37.6 Å². The number of carboxylic acid groups (broad SMARTS) is 1. The van der Waals surface area contributed by atoms with Gasteiger partial charge in [-0.2, -0.15) is 0 Å². The number of unbranched alkanes of at least 4 members (excludes halogenated alkanes) is 2. The highest BCUT2D eigenvalue weighted by Crippen LogP contribution is 2.44. The molecule has 1 atom stereocenters. The molecule has 0 aliphatic heterocycles. The number of nitrogens with one attached hydrogen (secondary N) is 3. The van der Waals surface area contributed by atoms with Crippen LogP contribution in [0, 0.1) is 0 Å². The first-order valence-electron chi connectivity index (χ1n) is 23.5. The zero-order valence-electron chi connectivity index (χ0n) is 39.8. The summed E-state index contributed by atoms with van der Waals surface area (Å²) in [6.07, 6.45) is -0.374. The maximum Gasteiger partial charge on any atom is 0.411 e. The van der Waals surface area contributed by atoms with Crippen molar-refractivity contribution in [3.8, 4) is 16.9 Å². The van der Waals surface area contributed by atoms with E-state index in [1.54, 1.807) is 75.5 Å². The summed E-state index contributed by atoms with van der Waals surface area (Å²) in [5, 5.41) is 17.4. The van der Waals surface area contributed by atoms with Gasteiger partial charge in [-0.05, 0) is 123 Å². The van der Waals surface area contributed by atoms with Gasteiger partial charge in [0.05, 0.1) is 5.69 Å². The van der Waals surface area contributed by atoms with Gasteiger partial charge in [-0.25, -0.2) is 19.2 Å². The number of carboxylic acids is 1. The summed E-state index contributed by atoms with van der Waals surface area (Å²) in [5.74, 6) is -2.05. The molecule has 5 amide bonds. The van der Waals surface area contributed by atoms with E-state index in [2.05, 4.69) is 15.6 Å². The number of ether oxygens (including phenoxy) is 3. The van der Waals surface area contributed by atoms with E-state index in [4.69, 9.17) is 19.9 Å². The molecule has 6 N–H and O–H groups in total. The number of nitrogens with two attached hydrogens (primary N) is 1. The number of aromatic nitrogens is 1. The van der Waals surface area contributed by atoms with Gasteiger partial charge in [0, 0.05) is 48.3 Å². The number of fused-ring (bicyclic) bond motifs is 4. The first kappa shape index (κ1) is 50.0. The lowest BCUT2D eigenvalue weighted by Crippen LogP contribution is -2.60. The maximum absolute atomic E-state index is 15.2. The Hall–Kier alpha value is -7.85. The van der Waals surface area contributed by atoms with Crippen LogP contribution in [0.1, 0.15) is 69.1 Å². The molecule has 0 radical (unpaired) electrons. The largest absolute Gasteiger partial charge is 0.489 e. The number of hydrogen-bond donors (Lipinski definition) is 5. The van der Waals surface area contributed by atoms with Crippen molar-refractivity contribution in [1.29, 1.82) is 0 Å². The Morgan fingerprint density at radius 2 is 1.44 bits per heavy atom. The molecule has 1 aliphatic rings. The molecule has 16 nitrogen and oxygen atoms in total. The van der Waals surface area contributed by atoms with Gasteiger partial charge in [-0.3, -0.25) is 14.6 Å². The lowest BCUT2D eigenvalue weighted by atomic mass is 9.98. The average Bonchev–Trinajstić information content (AvgIpc) is 3.96. The molecule has 1 aromatic heterocycles. The van der Waals surface area contributed by atoms with Crippen molar-refractivity contribution >= 4 is 52.4 Å². The molecule has 6 aromatic rings. The fourth-order valence-corrected chi connectivity index (χ4v) is 8.48. The lowest BCUT2D eigenvalue weighted by molar-refractivity contribution is -0.144. The summed E-state index contributed by atoms with van der Waals surface area (Å²) >= 11 is 0. The number of H-pyrrole nitrogens is 1. The first-order chi connectivity index (χ1) is 33.8. The van der Waals surface area contributed by atoms with Crippen molar-refractivity contribution in [3.05, 3.63) is 150 Å². The minimum Gasteiger partial charge on any atom is -0.489 e. The molecule has 0 fully saturated rings. The number of amides is 5. The van der Waals surface area contributed by atoms with Gasteiger partial charge in [0.2, 0.25) is 12.1 Å². The maximum atomic E-state index is 15.2. The summed E-state index contributed by atoms with van der Waals surface area (Å²) < 4.78 is 17.4. The van der Waals surface area contributed by atoms with E-state index in [1.165, 1.54) is 4.90 Å². The van der Waals surface area contributed by atoms with E-state index in [0.29, 0.717) is 54.8 Å². The second kappa shape index (κ2) is 23.4. The van der Waals surface area contributed by atoms with Crippen molar-refractivity contribution < 1.29 is 43.3 Å². The third-order valence-electron chi connectivity index (χ3n) is 11.8.